The zero-order chi connectivity index (χ0) is 16.5. The summed E-state index contributed by atoms with van der Waals surface area (Å²) in [4.78, 5) is 24.0. The molecule has 0 spiro atoms. The van der Waals surface area contributed by atoms with Crippen molar-refractivity contribution in [2.24, 2.45) is 0 Å². The van der Waals surface area contributed by atoms with Crippen molar-refractivity contribution >= 4 is 22.6 Å². The summed E-state index contributed by atoms with van der Waals surface area (Å²) in [5.41, 5.74) is 3.65. The first-order chi connectivity index (χ1) is 11.7. The number of amides is 1. The van der Waals surface area contributed by atoms with Gasteiger partial charge in [0.1, 0.15) is 0 Å². The lowest BCUT2D eigenvalue weighted by atomic mass is 10.2. The smallest absolute Gasteiger partial charge is 0.259 e. The van der Waals surface area contributed by atoms with Gasteiger partial charge in [-0.25, -0.2) is 14.6 Å². The number of hydrogen-bond acceptors (Lipinski definition) is 4. The summed E-state index contributed by atoms with van der Waals surface area (Å²) in [7, 11) is 0. The minimum absolute atomic E-state index is 0.214. The van der Waals surface area contributed by atoms with Crippen LogP contribution in [-0.4, -0.2) is 30.6 Å². The van der Waals surface area contributed by atoms with Crippen molar-refractivity contribution in [2.75, 3.05) is 5.32 Å². The Kier molecular flexibility index (Phi) is 3.31. The minimum Gasteiger partial charge on any atom is -0.345 e. The largest absolute Gasteiger partial charge is 0.345 e. The number of hydrogen-bond donors (Lipinski definition) is 2. The lowest BCUT2D eigenvalue weighted by molar-refractivity contribution is 0.102. The average Bonchev–Trinajstić information content (AvgIpc) is 3.21. The molecule has 0 bridgehead atoms. The van der Waals surface area contributed by atoms with Gasteiger partial charge in [-0.3, -0.25) is 4.79 Å². The van der Waals surface area contributed by atoms with Gasteiger partial charge in [-0.15, -0.1) is 0 Å². The third kappa shape index (κ3) is 2.41. The van der Waals surface area contributed by atoms with E-state index in [1.807, 2.05) is 43.3 Å². The minimum atomic E-state index is -0.214. The second-order valence-electron chi connectivity index (χ2n) is 5.33. The second-order valence-corrected chi connectivity index (χ2v) is 5.33. The molecule has 3 aromatic heterocycles. The number of H-pyrrole nitrogens is 1. The van der Waals surface area contributed by atoms with Gasteiger partial charge < -0.3 is 10.3 Å². The molecule has 0 aliphatic heterocycles. The molecule has 1 aromatic carbocycles. The van der Waals surface area contributed by atoms with Crippen LogP contribution in [0.1, 0.15) is 16.1 Å². The van der Waals surface area contributed by atoms with Gasteiger partial charge in [0.15, 0.2) is 5.82 Å². The standard InChI is InChI=1S/C17H14N6O/c1-11-13(9-21-23(11)16-4-2-3-7-18-16)17(24)22-12-5-6-14-15(8-12)20-10-19-14/h2-10H,1H3,(H,19,20)(H,22,24). The lowest BCUT2D eigenvalue weighted by Crippen LogP contribution is -2.13. The first-order valence-corrected chi connectivity index (χ1v) is 7.43. The first-order valence-electron chi connectivity index (χ1n) is 7.43. The molecule has 24 heavy (non-hydrogen) atoms. The lowest BCUT2D eigenvalue weighted by Gasteiger charge is -2.06. The number of carbonyl (C=O) groups excluding carboxylic acids is 1. The van der Waals surface area contributed by atoms with E-state index in [0.29, 0.717) is 17.1 Å². The van der Waals surface area contributed by atoms with Crippen molar-refractivity contribution in [3.05, 3.63) is 66.4 Å². The van der Waals surface area contributed by atoms with E-state index in [1.54, 1.807) is 23.4 Å². The molecule has 0 saturated heterocycles. The van der Waals surface area contributed by atoms with Gasteiger partial charge in [0.05, 0.1) is 34.8 Å². The molecule has 0 atom stereocenters. The van der Waals surface area contributed by atoms with E-state index in [2.05, 4.69) is 25.4 Å². The summed E-state index contributed by atoms with van der Waals surface area (Å²) in [6, 6.07) is 11.1. The third-order valence-electron chi connectivity index (χ3n) is 3.80. The van der Waals surface area contributed by atoms with Crippen LogP contribution >= 0.6 is 0 Å². The predicted molar refractivity (Wildman–Crippen MR) is 90.1 cm³/mol. The summed E-state index contributed by atoms with van der Waals surface area (Å²) in [6.07, 6.45) is 4.86. The van der Waals surface area contributed by atoms with E-state index in [9.17, 15) is 4.79 Å². The normalized spacial score (nSPS) is 10.9. The Morgan fingerprint density at radius 2 is 2.12 bits per heavy atom. The quantitative estimate of drug-likeness (QED) is 0.608. The van der Waals surface area contributed by atoms with Crippen molar-refractivity contribution in [1.29, 1.82) is 0 Å². The van der Waals surface area contributed by atoms with Crippen molar-refractivity contribution in [3.8, 4) is 5.82 Å². The highest BCUT2D eigenvalue weighted by Gasteiger charge is 2.16. The number of fused-ring (bicyclic) bond motifs is 1. The van der Waals surface area contributed by atoms with Gasteiger partial charge in [-0.1, -0.05) is 6.07 Å². The predicted octanol–water partition coefficient (Wildman–Crippen LogP) is 2.70. The Labute approximate surface area is 137 Å². The fourth-order valence-electron chi connectivity index (χ4n) is 2.55. The molecule has 0 radical (unpaired) electrons. The molecule has 4 aromatic rings. The highest BCUT2D eigenvalue weighted by atomic mass is 16.1. The molecule has 0 aliphatic rings. The maximum absolute atomic E-state index is 12.5. The van der Waals surface area contributed by atoms with Gasteiger partial charge in [-0.05, 0) is 37.3 Å². The fourth-order valence-corrected chi connectivity index (χ4v) is 2.55. The molecule has 0 saturated carbocycles. The number of imidazole rings is 1. The topological polar surface area (TPSA) is 88.5 Å². The van der Waals surface area contributed by atoms with Crippen molar-refractivity contribution in [1.82, 2.24) is 24.7 Å². The molecule has 1 amide bonds. The number of carbonyl (C=O) groups is 1. The maximum atomic E-state index is 12.5. The van der Waals surface area contributed by atoms with Crippen LogP contribution in [0.3, 0.4) is 0 Å². The van der Waals surface area contributed by atoms with E-state index < -0.39 is 0 Å². The molecular weight excluding hydrogens is 304 g/mol. The third-order valence-corrected chi connectivity index (χ3v) is 3.80. The number of anilines is 1. The number of aromatic nitrogens is 5. The van der Waals surface area contributed by atoms with Gasteiger partial charge in [0.25, 0.3) is 5.91 Å². The van der Waals surface area contributed by atoms with Gasteiger partial charge >= 0.3 is 0 Å². The molecule has 3 heterocycles. The SMILES string of the molecule is Cc1c(C(=O)Nc2ccc3nc[nH]c3c2)cnn1-c1ccccn1. The molecule has 0 aliphatic carbocycles. The van der Waals surface area contributed by atoms with E-state index >= 15 is 0 Å². The Morgan fingerprint density at radius 3 is 2.96 bits per heavy atom. The van der Waals surface area contributed by atoms with Crippen LogP contribution in [0.25, 0.3) is 16.9 Å². The second kappa shape index (κ2) is 5.62. The van der Waals surface area contributed by atoms with Gasteiger partial charge in [0.2, 0.25) is 0 Å². The summed E-state index contributed by atoms with van der Waals surface area (Å²) in [5, 5.41) is 7.15. The number of benzene rings is 1. The molecule has 0 fully saturated rings. The number of nitrogens with zero attached hydrogens (tertiary/aromatic N) is 4. The highest BCUT2D eigenvalue weighted by Crippen LogP contribution is 2.18. The summed E-state index contributed by atoms with van der Waals surface area (Å²) < 4.78 is 1.65. The Bertz CT molecular complexity index is 1020. The summed E-state index contributed by atoms with van der Waals surface area (Å²) in [6.45, 7) is 1.84. The van der Waals surface area contributed by atoms with Gasteiger partial charge in [-0.2, -0.15) is 5.10 Å². The van der Waals surface area contributed by atoms with Crippen molar-refractivity contribution in [3.63, 3.8) is 0 Å². The number of pyridine rings is 1. The van der Waals surface area contributed by atoms with E-state index in [-0.39, 0.29) is 5.91 Å². The summed E-state index contributed by atoms with van der Waals surface area (Å²) >= 11 is 0. The molecule has 118 valence electrons. The Hall–Kier alpha value is -3.48. The monoisotopic (exact) mass is 318 g/mol. The molecular formula is C17H14N6O. The maximum Gasteiger partial charge on any atom is 0.259 e. The number of nitrogens with one attached hydrogen (secondary N) is 2. The van der Waals surface area contributed by atoms with Crippen LogP contribution in [0.5, 0.6) is 0 Å². The number of aromatic amines is 1. The molecule has 4 rings (SSSR count). The van der Waals surface area contributed by atoms with Gasteiger partial charge in [0, 0.05) is 11.9 Å². The Balaban J connectivity index is 1.61. The molecule has 7 heteroatoms. The fraction of sp³-hybridized carbons (Fsp3) is 0.0588. The van der Waals surface area contributed by atoms with Crippen LogP contribution in [-0.2, 0) is 0 Å². The van der Waals surface area contributed by atoms with Crippen LogP contribution in [0, 0.1) is 6.92 Å². The van der Waals surface area contributed by atoms with Crippen LogP contribution < -0.4 is 5.32 Å². The molecule has 2 N–H and O–H groups in total. The first kappa shape index (κ1) is 14.1. The molecule has 7 nitrogen and oxygen atoms in total. The van der Waals surface area contributed by atoms with E-state index in [1.165, 1.54) is 0 Å². The zero-order valence-electron chi connectivity index (χ0n) is 12.9. The number of rotatable bonds is 3. The molecule has 0 unspecified atom stereocenters. The van der Waals surface area contributed by atoms with Crippen LogP contribution in [0.2, 0.25) is 0 Å². The van der Waals surface area contributed by atoms with Crippen molar-refractivity contribution < 1.29 is 4.79 Å². The van der Waals surface area contributed by atoms with E-state index in [0.717, 1.165) is 16.7 Å². The van der Waals surface area contributed by atoms with Crippen LogP contribution in [0.4, 0.5) is 5.69 Å². The van der Waals surface area contributed by atoms with Crippen molar-refractivity contribution in [2.45, 2.75) is 6.92 Å². The Morgan fingerprint density at radius 1 is 1.21 bits per heavy atom. The summed E-state index contributed by atoms with van der Waals surface area (Å²) in [5.74, 6) is 0.460. The van der Waals surface area contributed by atoms with E-state index in [4.69, 9.17) is 0 Å². The zero-order valence-corrected chi connectivity index (χ0v) is 12.9. The highest BCUT2D eigenvalue weighted by molar-refractivity contribution is 6.05. The average molecular weight is 318 g/mol. The van der Waals surface area contributed by atoms with Crippen LogP contribution in [0.15, 0.2) is 55.1 Å².